The van der Waals surface area contributed by atoms with Crippen LogP contribution < -0.4 is 10.6 Å². The van der Waals surface area contributed by atoms with Gasteiger partial charge in [0.05, 0.1) is 16.1 Å². The maximum Gasteiger partial charge on any atom is 0.416 e. The molecule has 0 aliphatic heterocycles. The first-order valence-corrected chi connectivity index (χ1v) is 8.04. The molecular formula is C18H10F6N4O3. The van der Waals surface area contributed by atoms with E-state index in [0.717, 1.165) is 6.07 Å². The summed E-state index contributed by atoms with van der Waals surface area (Å²) < 4.78 is 77.4. The molecule has 2 N–H and O–H groups in total. The monoisotopic (exact) mass is 444 g/mol. The summed E-state index contributed by atoms with van der Waals surface area (Å²) in [4.78, 5) is 22.3. The molecule has 0 saturated carbocycles. The minimum absolute atomic E-state index is 0.0820. The first-order chi connectivity index (χ1) is 14.3. The SMILES string of the molecule is N#C/C(=C/Nc1cc(C(F)(F)F)cc(C(F)(F)F)c1)C(=O)Nc1ccccc1[N+](=O)[O-]. The molecule has 0 aliphatic carbocycles. The second-order valence-electron chi connectivity index (χ2n) is 5.84. The average molecular weight is 444 g/mol. The van der Waals surface area contributed by atoms with Gasteiger partial charge in [-0.1, -0.05) is 12.1 Å². The Balaban J connectivity index is 2.34. The highest BCUT2D eigenvalue weighted by Gasteiger charge is 2.36. The molecule has 0 radical (unpaired) electrons. The lowest BCUT2D eigenvalue weighted by molar-refractivity contribution is -0.383. The minimum Gasteiger partial charge on any atom is -0.360 e. The van der Waals surface area contributed by atoms with Crippen LogP contribution in [0.4, 0.5) is 43.4 Å². The molecule has 1 amide bonds. The van der Waals surface area contributed by atoms with Gasteiger partial charge in [0.2, 0.25) is 0 Å². The highest BCUT2D eigenvalue weighted by Crippen LogP contribution is 2.37. The van der Waals surface area contributed by atoms with Crippen LogP contribution in [0, 0.1) is 21.4 Å². The number of rotatable bonds is 5. The molecule has 0 aliphatic rings. The van der Waals surface area contributed by atoms with E-state index in [2.05, 4.69) is 5.32 Å². The number of para-hydroxylation sites is 2. The zero-order valence-corrected chi connectivity index (χ0v) is 15.0. The standard InChI is InChI=1S/C18H10F6N4O3/c19-17(20,21)11-5-12(18(22,23)24)7-13(6-11)26-9-10(8-25)16(29)27-14-3-1-2-4-15(14)28(30)31/h1-7,9,26H,(H,27,29)/b10-9-. The van der Waals surface area contributed by atoms with Crippen LogP contribution in [0.1, 0.15) is 11.1 Å². The summed E-state index contributed by atoms with van der Waals surface area (Å²) in [6.07, 6.45) is -9.58. The molecule has 0 unspecified atom stereocenters. The molecule has 2 aromatic rings. The number of hydrogen-bond donors (Lipinski definition) is 2. The van der Waals surface area contributed by atoms with Crippen LogP contribution in [0.2, 0.25) is 0 Å². The maximum absolute atomic E-state index is 12.9. The van der Waals surface area contributed by atoms with E-state index in [1.54, 1.807) is 0 Å². The second-order valence-corrected chi connectivity index (χ2v) is 5.84. The largest absolute Gasteiger partial charge is 0.416 e. The molecule has 13 heteroatoms. The lowest BCUT2D eigenvalue weighted by atomic mass is 10.1. The molecule has 7 nitrogen and oxygen atoms in total. The van der Waals surface area contributed by atoms with E-state index in [1.807, 2.05) is 5.32 Å². The van der Waals surface area contributed by atoms with Gasteiger partial charge in [0.15, 0.2) is 0 Å². The fraction of sp³-hybridized carbons (Fsp3) is 0.111. The first kappa shape index (κ1) is 23.2. The van der Waals surface area contributed by atoms with Crippen molar-refractivity contribution in [2.45, 2.75) is 12.4 Å². The predicted octanol–water partition coefficient (Wildman–Crippen LogP) is 5.09. The molecule has 162 valence electrons. The number of hydrogen-bond acceptors (Lipinski definition) is 5. The predicted molar refractivity (Wildman–Crippen MR) is 95.5 cm³/mol. The number of alkyl halides is 6. The lowest BCUT2D eigenvalue weighted by Gasteiger charge is -2.14. The Morgan fingerprint density at radius 2 is 1.58 bits per heavy atom. The van der Waals surface area contributed by atoms with Crippen molar-refractivity contribution in [3.8, 4) is 6.07 Å². The van der Waals surface area contributed by atoms with Gasteiger partial charge < -0.3 is 10.6 Å². The fourth-order valence-corrected chi connectivity index (χ4v) is 2.27. The van der Waals surface area contributed by atoms with E-state index < -0.39 is 51.3 Å². The van der Waals surface area contributed by atoms with Gasteiger partial charge in [-0.15, -0.1) is 0 Å². The van der Waals surface area contributed by atoms with Gasteiger partial charge in [-0.05, 0) is 24.3 Å². The number of nitro groups is 1. The van der Waals surface area contributed by atoms with E-state index in [0.29, 0.717) is 18.3 Å². The van der Waals surface area contributed by atoms with Crippen LogP contribution in [0.25, 0.3) is 0 Å². The second kappa shape index (κ2) is 8.74. The Morgan fingerprint density at radius 3 is 2.06 bits per heavy atom. The Labute approximate surface area is 169 Å². The number of nitriles is 1. The van der Waals surface area contributed by atoms with E-state index in [-0.39, 0.29) is 11.8 Å². The lowest BCUT2D eigenvalue weighted by Crippen LogP contribution is -2.16. The average Bonchev–Trinajstić information content (AvgIpc) is 2.67. The van der Waals surface area contributed by atoms with E-state index in [1.165, 1.54) is 24.3 Å². The molecule has 2 rings (SSSR count). The van der Waals surface area contributed by atoms with Crippen molar-refractivity contribution < 1.29 is 36.1 Å². The molecule has 31 heavy (non-hydrogen) atoms. The number of carbonyl (C=O) groups is 1. The van der Waals surface area contributed by atoms with Crippen molar-refractivity contribution in [1.82, 2.24) is 0 Å². The van der Waals surface area contributed by atoms with Crippen LogP contribution in [0.15, 0.2) is 54.2 Å². The number of anilines is 2. The Hall–Kier alpha value is -4.08. The van der Waals surface area contributed by atoms with Crippen LogP contribution in [0.3, 0.4) is 0 Å². The molecule has 0 bridgehead atoms. The minimum atomic E-state index is -5.08. The molecule has 2 aromatic carbocycles. The Bertz CT molecular complexity index is 1050. The summed E-state index contributed by atoms with van der Waals surface area (Å²) in [6, 6.07) is 6.97. The third-order valence-electron chi connectivity index (χ3n) is 3.68. The third-order valence-corrected chi connectivity index (χ3v) is 3.68. The highest BCUT2D eigenvalue weighted by atomic mass is 19.4. The van der Waals surface area contributed by atoms with E-state index >= 15 is 0 Å². The zero-order chi connectivity index (χ0) is 23.4. The number of nitrogens with zero attached hydrogens (tertiary/aromatic N) is 2. The van der Waals surface area contributed by atoms with Gasteiger partial charge >= 0.3 is 12.4 Å². The molecule has 0 aromatic heterocycles. The summed E-state index contributed by atoms with van der Waals surface area (Å²) in [5.74, 6) is -1.17. The maximum atomic E-state index is 12.9. The van der Waals surface area contributed by atoms with Crippen molar-refractivity contribution in [3.05, 3.63) is 75.5 Å². The quantitative estimate of drug-likeness (QED) is 0.220. The number of carbonyl (C=O) groups excluding carboxylic acids is 1. The van der Waals surface area contributed by atoms with Crippen molar-refractivity contribution in [3.63, 3.8) is 0 Å². The smallest absolute Gasteiger partial charge is 0.360 e. The van der Waals surface area contributed by atoms with Crippen LogP contribution in [-0.4, -0.2) is 10.8 Å². The third kappa shape index (κ3) is 5.95. The van der Waals surface area contributed by atoms with Gasteiger partial charge in [-0.3, -0.25) is 14.9 Å². The van der Waals surface area contributed by atoms with Gasteiger partial charge in [-0.25, -0.2) is 0 Å². The number of nitro benzene ring substituents is 1. The number of halogens is 6. The van der Waals surface area contributed by atoms with Gasteiger partial charge in [-0.2, -0.15) is 31.6 Å². The molecule has 0 atom stereocenters. The number of nitrogens with one attached hydrogen (secondary N) is 2. The van der Waals surface area contributed by atoms with E-state index in [4.69, 9.17) is 5.26 Å². The zero-order valence-electron chi connectivity index (χ0n) is 15.0. The van der Waals surface area contributed by atoms with Crippen LogP contribution in [-0.2, 0) is 17.1 Å². The van der Waals surface area contributed by atoms with E-state index in [9.17, 15) is 41.3 Å². The highest BCUT2D eigenvalue weighted by molar-refractivity contribution is 6.07. The van der Waals surface area contributed by atoms with Crippen molar-refractivity contribution in [2.24, 2.45) is 0 Å². The first-order valence-electron chi connectivity index (χ1n) is 8.04. The molecule has 0 heterocycles. The molecule has 0 saturated heterocycles. The molecule has 0 fully saturated rings. The van der Waals surface area contributed by atoms with Crippen molar-refractivity contribution >= 4 is 23.0 Å². The van der Waals surface area contributed by atoms with Crippen molar-refractivity contribution in [2.75, 3.05) is 10.6 Å². The summed E-state index contributed by atoms with van der Waals surface area (Å²) in [6.45, 7) is 0. The summed E-state index contributed by atoms with van der Waals surface area (Å²) >= 11 is 0. The van der Waals surface area contributed by atoms with Crippen LogP contribution in [0.5, 0.6) is 0 Å². The summed E-state index contributed by atoms with van der Waals surface area (Å²) in [5.41, 5.74) is -5.40. The Morgan fingerprint density at radius 1 is 1.03 bits per heavy atom. The van der Waals surface area contributed by atoms with Crippen molar-refractivity contribution in [1.29, 1.82) is 5.26 Å². The van der Waals surface area contributed by atoms with Crippen LogP contribution >= 0.6 is 0 Å². The molecule has 0 spiro atoms. The molecular weight excluding hydrogens is 434 g/mol. The summed E-state index contributed by atoms with van der Waals surface area (Å²) in [5, 5.41) is 24.2. The summed E-state index contributed by atoms with van der Waals surface area (Å²) in [7, 11) is 0. The van der Waals surface area contributed by atoms with Gasteiger partial charge in [0, 0.05) is 18.0 Å². The Kier molecular flexibility index (Phi) is 6.54. The fourth-order valence-electron chi connectivity index (χ4n) is 2.27. The topological polar surface area (TPSA) is 108 Å². The van der Waals surface area contributed by atoms with Gasteiger partial charge in [0.25, 0.3) is 11.6 Å². The normalized spacial score (nSPS) is 12.1. The van der Waals surface area contributed by atoms with Gasteiger partial charge in [0.1, 0.15) is 17.3 Å². The number of amides is 1. The number of benzene rings is 2.